The van der Waals surface area contributed by atoms with Crippen molar-refractivity contribution in [3.05, 3.63) is 54.0 Å². The van der Waals surface area contributed by atoms with Crippen LogP contribution < -0.4 is 10.2 Å². The van der Waals surface area contributed by atoms with Crippen molar-refractivity contribution in [2.75, 3.05) is 19.0 Å². The molecule has 102 valence electrons. The smallest absolute Gasteiger partial charge is 0.120 e. The van der Waals surface area contributed by atoms with Crippen molar-refractivity contribution >= 4 is 5.69 Å². The van der Waals surface area contributed by atoms with Gasteiger partial charge < -0.3 is 14.6 Å². The van der Waals surface area contributed by atoms with Crippen LogP contribution in [0.1, 0.15) is 30.7 Å². The summed E-state index contributed by atoms with van der Waals surface area (Å²) in [6.45, 7) is 3.02. The molecule has 0 aliphatic rings. The van der Waals surface area contributed by atoms with Crippen molar-refractivity contribution in [3.63, 3.8) is 0 Å². The maximum absolute atomic E-state index is 5.46. The number of nitrogens with one attached hydrogen (secondary N) is 1. The number of hydrogen-bond acceptors (Lipinski definition) is 3. The molecule has 1 atom stereocenters. The zero-order valence-corrected chi connectivity index (χ0v) is 11.9. The van der Waals surface area contributed by atoms with Crippen LogP contribution in [0.3, 0.4) is 0 Å². The highest BCUT2D eigenvalue weighted by atomic mass is 16.3. The summed E-state index contributed by atoms with van der Waals surface area (Å²) in [5.74, 6) is 1.01. The molecule has 0 amide bonds. The standard InChI is InChI=1S/C16H22N2O/c1-4-15(16-6-5-11-19-16)17-12-13-7-9-14(10-8-13)18(2)3/h5-11,15,17H,4,12H2,1-3H3. The predicted molar refractivity (Wildman–Crippen MR) is 79.3 cm³/mol. The van der Waals surface area contributed by atoms with Gasteiger partial charge in [-0.3, -0.25) is 0 Å². The molecule has 1 unspecified atom stereocenters. The summed E-state index contributed by atoms with van der Waals surface area (Å²) in [4.78, 5) is 2.11. The number of nitrogens with zero attached hydrogens (tertiary/aromatic N) is 1. The van der Waals surface area contributed by atoms with Gasteiger partial charge in [-0.2, -0.15) is 0 Å². The summed E-state index contributed by atoms with van der Waals surface area (Å²) in [5.41, 5.74) is 2.51. The second-order valence-electron chi connectivity index (χ2n) is 4.92. The minimum atomic E-state index is 0.281. The van der Waals surface area contributed by atoms with Crippen molar-refractivity contribution < 1.29 is 4.42 Å². The Kier molecular flexibility index (Phi) is 4.63. The van der Waals surface area contributed by atoms with Crippen LogP contribution in [0.4, 0.5) is 5.69 Å². The van der Waals surface area contributed by atoms with Gasteiger partial charge >= 0.3 is 0 Å². The van der Waals surface area contributed by atoms with E-state index in [4.69, 9.17) is 4.42 Å². The van der Waals surface area contributed by atoms with Crippen molar-refractivity contribution in [2.24, 2.45) is 0 Å². The van der Waals surface area contributed by atoms with Crippen molar-refractivity contribution in [3.8, 4) is 0 Å². The van der Waals surface area contributed by atoms with Crippen LogP contribution >= 0.6 is 0 Å². The topological polar surface area (TPSA) is 28.4 Å². The Bertz CT molecular complexity index is 474. The Morgan fingerprint density at radius 2 is 1.89 bits per heavy atom. The number of rotatable bonds is 6. The summed E-state index contributed by atoms with van der Waals surface area (Å²) in [6, 6.07) is 12.9. The quantitative estimate of drug-likeness (QED) is 0.858. The first kappa shape index (κ1) is 13.7. The lowest BCUT2D eigenvalue weighted by Crippen LogP contribution is -2.19. The summed E-state index contributed by atoms with van der Waals surface area (Å²) < 4.78 is 5.46. The zero-order chi connectivity index (χ0) is 13.7. The van der Waals surface area contributed by atoms with E-state index in [2.05, 4.69) is 55.5 Å². The van der Waals surface area contributed by atoms with Gasteiger partial charge in [0.2, 0.25) is 0 Å². The monoisotopic (exact) mass is 258 g/mol. The van der Waals surface area contributed by atoms with E-state index < -0.39 is 0 Å². The van der Waals surface area contributed by atoms with Crippen LogP contribution in [0.15, 0.2) is 47.1 Å². The van der Waals surface area contributed by atoms with Gasteiger partial charge in [0.25, 0.3) is 0 Å². The molecule has 1 aromatic heterocycles. The van der Waals surface area contributed by atoms with Gasteiger partial charge in [-0.25, -0.2) is 0 Å². The highest BCUT2D eigenvalue weighted by Crippen LogP contribution is 2.18. The van der Waals surface area contributed by atoms with E-state index in [1.165, 1.54) is 11.3 Å². The first-order valence-corrected chi connectivity index (χ1v) is 6.73. The van der Waals surface area contributed by atoms with Crippen LogP contribution in [-0.2, 0) is 6.54 Å². The maximum Gasteiger partial charge on any atom is 0.120 e. The Labute approximate surface area is 115 Å². The third-order valence-electron chi connectivity index (χ3n) is 3.30. The van der Waals surface area contributed by atoms with E-state index in [-0.39, 0.29) is 6.04 Å². The Hall–Kier alpha value is -1.74. The SMILES string of the molecule is CCC(NCc1ccc(N(C)C)cc1)c1ccco1. The lowest BCUT2D eigenvalue weighted by molar-refractivity contribution is 0.403. The summed E-state index contributed by atoms with van der Waals surface area (Å²) in [5, 5.41) is 3.53. The lowest BCUT2D eigenvalue weighted by Gasteiger charge is -2.16. The molecule has 0 aliphatic heterocycles. The first-order chi connectivity index (χ1) is 9.20. The predicted octanol–water partition coefficient (Wildman–Crippen LogP) is 3.59. The number of anilines is 1. The largest absolute Gasteiger partial charge is 0.468 e. The average Bonchev–Trinajstić information content (AvgIpc) is 2.94. The molecule has 0 radical (unpaired) electrons. The highest BCUT2D eigenvalue weighted by Gasteiger charge is 2.10. The van der Waals surface area contributed by atoms with Crippen molar-refractivity contribution in [2.45, 2.75) is 25.9 Å². The molecule has 0 saturated heterocycles. The zero-order valence-electron chi connectivity index (χ0n) is 11.9. The van der Waals surface area contributed by atoms with Crippen LogP contribution in [0.2, 0.25) is 0 Å². The normalized spacial score (nSPS) is 12.4. The molecule has 0 saturated carbocycles. The van der Waals surface area contributed by atoms with Gasteiger partial charge in [0, 0.05) is 26.3 Å². The fourth-order valence-corrected chi connectivity index (χ4v) is 2.09. The summed E-state index contributed by atoms with van der Waals surface area (Å²) >= 11 is 0. The van der Waals surface area contributed by atoms with Crippen molar-refractivity contribution in [1.82, 2.24) is 5.32 Å². The van der Waals surface area contributed by atoms with Crippen LogP contribution in [0, 0.1) is 0 Å². The lowest BCUT2D eigenvalue weighted by atomic mass is 10.1. The van der Waals surface area contributed by atoms with Gasteiger partial charge in [-0.1, -0.05) is 19.1 Å². The molecule has 3 nitrogen and oxygen atoms in total. The summed E-state index contributed by atoms with van der Waals surface area (Å²) in [7, 11) is 4.11. The molecular formula is C16H22N2O. The molecule has 3 heteroatoms. The van der Waals surface area contributed by atoms with E-state index in [1.54, 1.807) is 6.26 Å². The third kappa shape index (κ3) is 3.61. The second-order valence-corrected chi connectivity index (χ2v) is 4.92. The minimum absolute atomic E-state index is 0.281. The highest BCUT2D eigenvalue weighted by molar-refractivity contribution is 5.45. The molecular weight excluding hydrogens is 236 g/mol. The van der Waals surface area contributed by atoms with Crippen LogP contribution in [0.25, 0.3) is 0 Å². The Morgan fingerprint density at radius 1 is 1.16 bits per heavy atom. The van der Waals surface area contributed by atoms with E-state index in [9.17, 15) is 0 Å². The molecule has 0 bridgehead atoms. The van der Waals surface area contributed by atoms with E-state index in [0.717, 1.165) is 18.7 Å². The van der Waals surface area contributed by atoms with Gasteiger partial charge in [0.05, 0.1) is 12.3 Å². The minimum Gasteiger partial charge on any atom is -0.468 e. The Balaban J connectivity index is 1.94. The van der Waals surface area contributed by atoms with Gasteiger partial charge in [0.15, 0.2) is 0 Å². The first-order valence-electron chi connectivity index (χ1n) is 6.73. The molecule has 19 heavy (non-hydrogen) atoms. The average molecular weight is 258 g/mol. The van der Waals surface area contributed by atoms with E-state index in [1.807, 2.05) is 12.1 Å². The third-order valence-corrected chi connectivity index (χ3v) is 3.30. The number of furan rings is 1. The molecule has 0 spiro atoms. The number of hydrogen-bond donors (Lipinski definition) is 1. The maximum atomic E-state index is 5.46. The number of benzene rings is 1. The van der Waals surface area contributed by atoms with Crippen molar-refractivity contribution in [1.29, 1.82) is 0 Å². The van der Waals surface area contributed by atoms with Crippen LogP contribution in [-0.4, -0.2) is 14.1 Å². The molecule has 0 aliphatic carbocycles. The fraction of sp³-hybridized carbons (Fsp3) is 0.375. The van der Waals surface area contributed by atoms with Crippen LogP contribution in [0.5, 0.6) is 0 Å². The fourth-order valence-electron chi connectivity index (χ4n) is 2.09. The van der Waals surface area contributed by atoms with Gasteiger partial charge in [-0.15, -0.1) is 0 Å². The molecule has 1 heterocycles. The molecule has 0 fully saturated rings. The molecule has 1 aromatic carbocycles. The van der Waals surface area contributed by atoms with E-state index in [0.29, 0.717) is 0 Å². The van der Waals surface area contributed by atoms with Gasteiger partial charge in [-0.05, 0) is 36.2 Å². The van der Waals surface area contributed by atoms with E-state index >= 15 is 0 Å². The summed E-state index contributed by atoms with van der Waals surface area (Å²) in [6.07, 6.45) is 2.74. The molecule has 2 rings (SSSR count). The second kappa shape index (κ2) is 6.43. The van der Waals surface area contributed by atoms with Gasteiger partial charge in [0.1, 0.15) is 5.76 Å². The Morgan fingerprint density at radius 3 is 2.42 bits per heavy atom. The molecule has 2 aromatic rings. The molecule has 1 N–H and O–H groups in total.